The van der Waals surface area contributed by atoms with Gasteiger partial charge in [0.05, 0.1) is 11.1 Å². The summed E-state index contributed by atoms with van der Waals surface area (Å²) in [5.41, 5.74) is 0.368. The zero-order valence-electron chi connectivity index (χ0n) is 9.60. The smallest absolute Gasteiger partial charge is 0.336 e. The zero-order valence-corrected chi connectivity index (χ0v) is 11.2. The second-order valence-electron chi connectivity index (χ2n) is 3.58. The van der Waals surface area contributed by atoms with Crippen LogP contribution in [0.15, 0.2) is 31.9 Å². The molecule has 0 spiro atoms. The van der Waals surface area contributed by atoms with Crippen molar-refractivity contribution in [1.82, 2.24) is 0 Å². The number of fused-ring (bicyclic) bond motifs is 1. The molecule has 1 N–H and O–H groups in total. The van der Waals surface area contributed by atoms with Crippen LogP contribution in [0.2, 0.25) is 0 Å². The molecule has 0 unspecified atom stereocenters. The van der Waals surface area contributed by atoms with E-state index in [0.29, 0.717) is 26.8 Å². The van der Waals surface area contributed by atoms with Gasteiger partial charge in [-0.25, -0.2) is 4.79 Å². The third-order valence-corrected chi connectivity index (χ3v) is 3.01. The molecular formula is C12H11BrO5. The van der Waals surface area contributed by atoms with Gasteiger partial charge in [0.1, 0.15) is 11.3 Å². The first-order valence-electron chi connectivity index (χ1n) is 5.14. The van der Waals surface area contributed by atoms with Crippen molar-refractivity contribution in [2.45, 2.75) is 6.61 Å². The maximum absolute atomic E-state index is 11.3. The van der Waals surface area contributed by atoms with E-state index >= 15 is 0 Å². The number of hydrogen-bond donors (Lipinski definition) is 1. The SMILES string of the molecule is COCOc1cc2oc(=O)cc(CO)c2cc1Br. The molecule has 5 nitrogen and oxygen atoms in total. The Labute approximate surface area is 111 Å². The molecule has 0 aliphatic carbocycles. The molecule has 0 amide bonds. The number of aliphatic hydroxyl groups excluding tert-OH is 1. The Morgan fingerprint density at radius 3 is 2.83 bits per heavy atom. The maximum atomic E-state index is 11.3. The minimum atomic E-state index is -0.508. The molecule has 6 heteroatoms. The Kier molecular flexibility index (Phi) is 4.00. The Bertz CT molecular complexity index is 620. The zero-order chi connectivity index (χ0) is 13.1. The van der Waals surface area contributed by atoms with Gasteiger partial charge >= 0.3 is 5.63 Å². The molecule has 0 saturated heterocycles. The fourth-order valence-electron chi connectivity index (χ4n) is 1.59. The van der Waals surface area contributed by atoms with Crippen LogP contribution in [0.1, 0.15) is 5.56 Å². The number of ether oxygens (including phenoxy) is 2. The number of methoxy groups -OCH3 is 1. The largest absolute Gasteiger partial charge is 0.466 e. The van der Waals surface area contributed by atoms with Gasteiger partial charge in [-0.1, -0.05) is 0 Å². The van der Waals surface area contributed by atoms with Crippen LogP contribution in [-0.2, 0) is 11.3 Å². The van der Waals surface area contributed by atoms with Crippen molar-refractivity contribution in [3.05, 3.63) is 38.7 Å². The molecule has 1 heterocycles. The van der Waals surface area contributed by atoms with Gasteiger partial charge in [-0.05, 0) is 27.6 Å². The minimum Gasteiger partial charge on any atom is -0.466 e. The maximum Gasteiger partial charge on any atom is 0.336 e. The van der Waals surface area contributed by atoms with E-state index in [1.54, 1.807) is 12.1 Å². The summed E-state index contributed by atoms with van der Waals surface area (Å²) in [6.45, 7) is -0.138. The second kappa shape index (κ2) is 5.51. The van der Waals surface area contributed by atoms with E-state index in [1.165, 1.54) is 13.2 Å². The first-order valence-corrected chi connectivity index (χ1v) is 5.94. The molecule has 0 saturated carbocycles. The summed E-state index contributed by atoms with van der Waals surface area (Å²) in [6.07, 6.45) is 0. The van der Waals surface area contributed by atoms with Crippen LogP contribution in [-0.4, -0.2) is 19.0 Å². The molecule has 0 bridgehead atoms. The van der Waals surface area contributed by atoms with E-state index in [9.17, 15) is 9.90 Å². The number of hydrogen-bond acceptors (Lipinski definition) is 5. The average Bonchev–Trinajstić information content (AvgIpc) is 2.36. The fraction of sp³-hybridized carbons (Fsp3) is 0.250. The van der Waals surface area contributed by atoms with Gasteiger partial charge in [-0.15, -0.1) is 0 Å². The van der Waals surface area contributed by atoms with Crippen molar-refractivity contribution in [3.63, 3.8) is 0 Å². The Morgan fingerprint density at radius 1 is 1.39 bits per heavy atom. The highest BCUT2D eigenvalue weighted by Crippen LogP contribution is 2.31. The van der Waals surface area contributed by atoms with E-state index in [1.807, 2.05) is 0 Å². The van der Waals surface area contributed by atoms with Crippen molar-refractivity contribution >= 4 is 26.9 Å². The molecule has 0 aliphatic heterocycles. The summed E-state index contributed by atoms with van der Waals surface area (Å²) in [7, 11) is 1.51. The van der Waals surface area contributed by atoms with Gasteiger partial charge in [0.2, 0.25) is 0 Å². The lowest BCUT2D eigenvalue weighted by Crippen LogP contribution is -2.03. The topological polar surface area (TPSA) is 68.9 Å². The van der Waals surface area contributed by atoms with Crippen LogP contribution in [0.3, 0.4) is 0 Å². The highest BCUT2D eigenvalue weighted by molar-refractivity contribution is 9.10. The minimum absolute atomic E-state index is 0.0913. The molecule has 0 radical (unpaired) electrons. The van der Waals surface area contributed by atoms with Crippen LogP contribution < -0.4 is 10.4 Å². The molecule has 2 aromatic rings. The van der Waals surface area contributed by atoms with Gasteiger partial charge in [0, 0.05) is 24.6 Å². The molecule has 0 aliphatic rings. The molecule has 96 valence electrons. The van der Waals surface area contributed by atoms with Gasteiger partial charge < -0.3 is 19.0 Å². The average molecular weight is 315 g/mol. The van der Waals surface area contributed by atoms with Crippen molar-refractivity contribution < 1.29 is 19.0 Å². The van der Waals surface area contributed by atoms with Crippen molar-refractivity contribution in [2.75, 3.05) is 13.9 Å². The van der Waals surface area contributed by atoms with Crippen LogP contribution >= 0.6 is 15.9 Å². The lowest BCUT2D eigenvalue weighted by Gasteiger charge is -2.09. The van der Waals surface area contributed by atoms with Crippen LogP contribution in [0.4, 0.5) is 0 Å². The first kappa shape index (κ1) is 13.1. The number of halogens is 1. The van der Waals surface area contributed by atoms with Crippen LogP contribution in [0.5, 0.6) is 5.75 Å². The van der Waals surface area contributed by atoms with Crippen LogP contribution in [0, 0.1) is 0 Å². The Hall–Kier alpha value is -1.37. The Morgan fingerprint density at radius 2 is 2.17 bits per heavy atom. The van der Waals surface area contributed by atoms with Gasteiger partial charge in [-0.3, -0.25) is 0 Å². The van der Waals surface area contributed by atoms with Gasteiger partial charge in [0.25, 0.3) is 0 Å². The quantitative estimate of drug-likeness (QED) is 0.691. The monoisotopic (exact) mass is 314 g/mol. The molecule has 18 heavy (non-hydrogen) atoms. The van der Waals surface area contributed by atoms with E-state index in [2.05, 4.69) is 15.9 Å². The molecular weight excluding hydrogens is 304 g/mol. The van der Waals surface area contributed by atoms with E-state index < -0.39 is 5.63 Å². The van der Waals surface area contributed by atoms with Crippen molar-refractivity contribution in [2.24, 2.45) is 0 Å². The lowest BCUT2D eigenvalue weighted by atomic mass is 10.1. The summed E-state index contributed by atoms with van der Waals surface area (Å²) in [5.74, 6) is 0.502. The van der Waals surface area contributed by atoms with Crippen molar-refractivity contribution in [3.8, 4) is 5.75 Å². The third kappa shape index (κ3) is 2.55. The van der Waals surface area contributed by atoms with Gasteiger partial charge in [-0.2, -0.15) is 0 Å². The van der Waals surface area contributed by atoms with E-state index in [4.69, 9.17) is 13.9 Å². The highest BCUT2D eigenvalue weighted by Gasteiger charge is 2.10. The summed E-state index contributed by atoms with van der Waals surface area (Å²) >= 11 is 3.35. The highest BCUT2D eigenvalue weighted by atomic mass is 79.9. The summed E-state index contributed by atoms with van der Waals surface area (Å²) < 4.78 is 15.9. The molecule has 0 atom stereocenters. The lowest BCUT2D eigenvalue weighted by molar-refractivity contribution is 0.0506. The summed E-state index contributed by atoms with van der Waals surface area (Å²) in [4.78, 5) is 11.3. The number of benzene rings is 1. The predicted octanol–water partition coefficient (Wildman–Crippen LogP) is 2.03. The van der Waals surface area contributed by atoms with E-state index in [-0.39, 0.29) is 13.4 Å². The third-order valence-electron chi connectivity index (χ3n) is 2.39. The summed E-state index contributed by atoms with van der Waals surface area (Å²) in [5, 5.41) is 9.88. The molecule has 0 fully saturated rings. The van der Waals surface area contributed by atoms with Gasteiger partial charge in [0.15, 0.2) is 6.79 Å². The van der Waals surface area contributed by atoms with E-state index in [0.717, 1.165) is 0 Å². The fourth-order valence-corrected chi connectivity index (χ4v) is 2.05. The summed E-state index contributed by atoms with van der Waals surface area (Å²) in [6, 6.07) is 4.58. The predicted molar refractivity (Wildman–Crippen MR) is 68.6 cm³/mol. The normalized spacial score (nSPS) is 10.8. The number of aliphatic hydroxyl groups is 1. The van der Waals surface area contributed by atoms with Crippen molar-refractivity contribution in [1.29, 1.82) is 0 Å². The first-order chi connectivity index (χ1) is 8.65. The molecule has 2 rings (SSSR count). The Balaban J connectivity index is 2.60. The van der Waals surface area contributed by atoms with Crippen LogP contribution in [0.25, 0.3) is 11.0 Å². The second-order valence-corrected chi connectivity index (χ2v) is 4.43. The molecule has 1 aromatic heterocycles. The molecule has 1 aromatic carbocycles. The number of rotatable bonds is 4. The standard InChI is InChI=1S/C12H11BrO5/c1-16-6-17-11-4-10-8(3-9(11)13)7(5-14)2-12(15)18-10/h2-4,14H,5-6H2,1H3.